The van der Waals surface area contributed by atoms with Crippen molar-refractivity contribution in [3.05, 3.63) is 83.1 Å². The number of aliphatic hydroxyl groups excluding tert-OH is 1. The van der Waals surface area contributed by atoms with E-state index in [-0.39, 0.29) is 17.4 Å². The number of rotatable bonds is 9. The number of carbonyl (C=O) groups is 1. The number of ether oxygens (including phenoxy) is 1. The van der Waals surface area contributed by atoms with Crippen molar-refractivity contribution in [1.29, 1.82) is 0 Å². The van der Waals surface area contributed by atoms with E-state index in [1.165, 1.54) is 7.11 Å². The Bertz CT molecular complexity index is 891. The van der Waals surface area contributed by atoms with Gasteiger partial charge in [0.05, 0.1) is 13.2 Å². The highest BCUT2D eigenvalue weighted by molar-refractivity contribution is 6.19. The van der Waals surface area contributed by atoms with Gasteiger partial charge in [0, 0.05) is 19.5 Å². The fourth-order valence-electron chi connectivity index (χ4n) is 3.69. The second-order valence-corrected chi connectivity index (χ2v) is 7.52. The van der Waals surface area contributed by atoms with Gasteiger partial charge in [-0.25, -0.2) is 4.79 Å². The molecule has 5 heteroatoms. The van der Waals surface area contributed by atoms with Gasteiger partial charge >= 0.3 is 5.97 Å². The third-order valence-electron chi connectivity index (χ3n) is 5.29. The minimum Gasteiger partial charge on any atom is -0.511 e. The number of hydrogen-bond acceptors (Lipinski definition) is 5. The molecule has 0 saturated carbocycles. The molecular weight excluding hydrogens is 376 g/mol. The molecule has 30 heavy (non-hydrogen) atoms. The lowest BCUT2D eigenvalue weighted by Crippen LogP contribution is -2.32. The normalized spacial score (nSPS) is 16.8. The quantitative estimate of drug-likeness (QED) is 0.269. The van der Waals surface area contributed by atoms with Gasteiger partial charge in [0.25, 0.3) is 0 Å². The van der Waals surface area contributed by atoms with Crippen LogP contribution in [0.15, 0.2) is 77.0 Å². The predicted octanol–water partition coefficient (Wildman–Crippen LogP) is 5.21. The summed E-state index contributed by atoms with van der Waals surface area (Å²) < 4.78 is 5.03. The van der Waals surface area contributed by atoms with E-state index in [1.54, 1.807) is 0 Å². The van der Waals surface area contributed by atoms with E-state index in [1.807, 2.05) is 48.5 Å². The number of aliphatic imine (C=N–C) groups is 1. The number of benzene rings is 2. The minimum absolute atomic E-state index is 0.0563. The highest BCUT2D eigenvalue weighted by atomic mass is 16.5. The first-order chi connectivity index (χ1) is 14.6. The number of esters is 1. The van der Waals surface area contributed by atoms with E-state index in [0.29, 0.717) is 25.3 Å². The van der Waals surface area contributed by atoms with Crippen LogP contribution in [0, 0.1) is 0 Å². The molecule has 0 spiro atoms. The Morgan fingerprint density at radius 1 is 1.10 bits per heavy atom. The van der Waals surface area contributed by atoms with Gasteiger partial charge in [-0.15, -0.1) is 0 Å². The van der Waals surface area contributed by atoms with Gasteiger partial charge in [0.1, 0.15) is 17.2 Å². The number of carbonyl (C=O) groups excluding carboxylic acids is 1. The van der Waals surface area contributed by atoms with Crippen LogP contribution >= 0.6 is 0 Å². The first-order valence-electron chi connectivity index (χ1n) is 10.6. The third kappa shape index (κ3) is 5.29. The number of allylic oxidation sites excluding steroid dienone is 1. The van der Waals surface area contributed by atoms with Crippen molar-refractivity contribution in [2.45, 2.75) is 45.2 Å². The largest absolute Gasteiger partial charge is 0.511 e. The van der Waals surface area contributed by atoms with Crippen molar-refractivity contribution >= 4 is 11.8 Å². The number of hydrogen-bond donors (Lipinski definition) is 1. The predicted molar refractivity (Wildman–Crippen MR) is 119 cm³/mol. The van der Waals surface area contributed by atoms with Crippen molar-refractivity contribution < 1.29 is 14.6 Å². The van der Waals surface area contributed by atoms with E-state index < -0.39 is 5.97 Å². The van der Waals surface area contributed by atoms with Crippen molar-refractivity contribution in [1.82, 2.24) is 4.90 Å². The fraction of sp³-hybridized carbons (Fsp3) is 0.360. The molecule has 0 aromatic heterocycles. The number of methoxy groups -OCH3 is 1. The molecule has 2 aromatic carbocycles. The van der Waals surface area contributed by atoms with Crippen LogP contribution in [-0.2, 0) is 16.1 Å². The monoisotopic (exact) mass is 406 g/mol. The van der Waals surface area contributed by atoms with Crippen LogP contribution in [0.3, 0.4) is 0 Å². The highest BCUT2D eigenvalue weighted by Gasteiger charge is 2.33. The molecule has 0 radical (unpaired) electrons. The van der Waals surface area contributed by atoms with E-state index in [4.69, 9.17) is 9.73 Å². The zero-order chi connectivity index (χ0) is 21.3. The van der Waals surface area contributed by atoms with E-state index in [9.17, 15) is 9.90 Å². The summed E-state index contributed by atoms with van der Waals surface area (Å²) in [7, 11) is 1.34. The number of nitrogens with zero attached hydrogens (tertiary/aromatic N) is 2. The topological polar surface area (TPSA) is 62.1 Å². The summed E-state index contributed by atoms with van der Waals surface area (Å²) >= 11 is 0. The van der Waals surface area contributed by atoms with E-state index >= 15 is 0 Å². The van der Waals surface area contributed by atoms with Crippen LogP contribution in [0.1, 0.15) is 49.8 Å². The zero-order valence-electron chi connectivity index (χ0n) is 17.8. The maximum atomic E-state index is 12.7. The Hall–Kier alpha value is -3.08. The van der Waals surface area contributed by atoms with Crippen LogP contribution < -0.4 is 0 Å². The van der Waals surface area contributed by atoms with Crippen LogP contribution in [0.2, 0.25) is 0 Å². The summed E-state index contributed by atoms with van der Waals surface area (Å²) in [5.74, 6) is 0.0175. The Kier molecular flexibility index (Phi) is 7.66. The zero-order valence-corrected chi connectivity index (χ0v) is 17.8. The molecule has 1 atom stereocenters. The number of unbranched alkanes of at least 4 members (excludes halogenated alkanes) is 2. The Morgan fingerprint density at radius 2 is 1.77 bits per heavy atom. The summed E-state index contributed by atoms with van der Waals surface area (Å²) in [6, 6.07) is 20.0. The molecule has 1 aliphatic rings. The van der Waals surface area contributed by atoms with Crippen LogP contribution in [-0.4, -0.2) is 35.5 Å². The molecule has 3 rings (SSSR count). The molecule has 0 bridgehead atoms. The molecule has 1 aliphatic heterocycles. The van der Waals surface area contributed by atoms with Gasteiger partial charge in [0.15, 0.2) is 0 Å². The lowest BCUT2D eigenvalue weighted by molar-refractivity contribution is -0.135. The van der Waals surface area contributed by atoms with Crippen LogP contribution in [0.4, 0.5) is 0 Å². The molecule has 158 valence electrons. The summed E-state index contributed by atoms with van der Waals surface area (Å²) in [5.41, 5.74) is 2.39. The van der Waals surface area contributed by atoms with Crippen molar-refractivity contribution in [3.8, 4) is 0 Å². The molecule has 0 amide bonds. The molecule has 0 fully saturated rings. The standard InChI is InChI=1S/C25H30N2O3/c1-3-4-7-16-22(28)23(25(29)30-2)24-26-21(20-14-10-6-11-15-20)18-27(24)17-19-12-8-5-9-13-19/h5-6,8-15,21,28H,3-4,7,16-18H2,1-2H3/b23-22-. The third-order valence-corrected chi connectivity index (χ3v) is 5.29. The second kappa shape index (κ2) is 10.6. The molecular formula is C25H30N2O3. The van der Waals surface area contributed by atoms with Gasteiger partial charge in [-0.1, -0.05) is 80.4 Å². The van der Waals surface area contributed by atoms with Gasteiger partial charge in [-0.2, -0.15) is 0 Å². The van der Waals surface area contributed by atoms with Crippen LogP contribution in [0.5, 0.6) is 0 Å². The molecule has 1 unspecified atom stereocenters. The molecule has 0 aliphatic carbocycles. The summed E-state index contributed by atoms with van der Waals surface area (Å²) in [6.45, 7) is 3.35. The average Bonchev–Trinajstić information content (AvgIpc) is 3.18. The second-order valence-electron chi connectivity index (χ2n) is 7.52. The number of aliphatic hydroxyl groups is 1. The van der Waals surface area contributed by atoms with E-state index in [2.05, 4.69) is 24.0 Å². The SMILES string of the molecule is CCCCC/C(O)=C(/C(=O)OC)C1=NC(c2ccccc2)CN1Cc1ccccc1. The lowest BCUT2D eigenvalue weighted by Gasteiger charge is -2.22. The molecule has 2 aromatic rings. The lowest BCUT2D eigenvalue weighted by atomic mass is 10.1. The Balaban J connectivity index is 1.98. The van der Waals surface area contributed by atoms with Crippen LogP contribution in [0.25, 0.3) is 0 Å². The van der Waals surface area contributed by atoms with E-state index in [0.717, 1.165) is 30.4 Å². The summed E-state index contributed by atoms with van der Waals surface area (Å²) in [4.78, 5) is 19.6. The van der Waals surface area contributed by atoms with Gasteiger partial charge < -0.3 is 14.7 Å². The molecule has 1 heterocycles. The maximum absolute atomic E-state index is 12.7. The highest BCUT2D eigenvalue weighted by Crippen LogP contribution is 2.30. The van der Waals surface area contributed by atoms with Gasteiger partial charge in [-0.3, -0.25) is 4.99 Å². The Morgan fingerprint density at radius 3 is 2.40 bits per heavy atom. The van der Waals surface area contributed by atoms with Crippen molar-refractivity contribution in [3.63, 3.8) is 0 Å². The Labute approximate surface area is 178 Å². The summed E-state index contributed by atoms with van der Waals surface area (Å²) in [5, 5.41) is 10.8. The summed E-state index contributed by atoms with van der Waals surface area (Å²) in [6.07, 6.45) is 3.28. The molecule has 1 N–H and O–H groups in total. The van der Waals surface area contributed by atoms with Crippen molar-refractivity contribution in [2.24, 2.45) is 4.99 Å². The van der Waals surface area contributed by atoms with Gasteiger partial charge in [0.2, 0.25) is 0 Å². The fourth-order valence-corrected chi connectivity index (χ4v) is 3.69. The smallest absolute Gasteiger partial charge is 0.345 e. The molecule has 0 saturated heterocycles. The minimum atomic E-state index is -0.547. The average molecular weight is 407 g/mol. The number of amidine groups is 1. The first kappa shape index (κ1) is 21.6. The van der Waals surface area contributed by atoms with Crippen molar-refractivity contribution in [2.75, 3.05) is 13.7 Å². The molecule has 5 nitrogen and oxygen atoms in total. The van der Waals surface area contributed by atoms with Gasteiger partial charge in [-0.05, 0) is 17.5 Å². The first-order valence-corrected chi connectivity index (χ1v) is 10.6. The maximum Gasteiger partial charge on any atom is 0.345 e.